The van der Waals surface area contributed by atoms with E-state index in [0.717, 1.165) is 11.5 Å². The Hall–Kier alpha value is -2.23. The summed E-state index contributed by atoms with van der Waals surface area (Å²) >= 11 is 0. The van der Waals surface area contributed by atoms with Crippen LogP contribution < -0.4 is 16.4 Å². The maximum Gasteiger partial charge on any atom is 0.149 e. The second-order valence-corrected chi connectivity index (χ2v) is 4.55. The minimum absolute atomic E-state index is 0.365. The topological polar surface area (TPSA) is 68.2 Å². The molecule has 0 unspecified atom stereocenters. The first-order valence-corrected chi connectivity index (χ1v) is 5.81. The third kappa shape index (κ3) is 2.37. The Morgan fingerprint density at radius 3 is 2.17 bits per heavy atom. The number of nitrogens with zero attached hydrogens (tertiary/aromatic N) is 2. The van der Waals surface area contributed by atoms with Gasteiger partial charge in [-0.05, 0) is 49.2 Å². The smallest absolute Gasteiger partial charge is 0.149 e. The van der Waals surface area contributed by atoms with E-state index in [2.05, 4.69) is 37.0 Å². The Labute approximate surface area is 107 Å². The number of hydrogen-bond acceptors (Lipinski definition) is 4. The molecule has 4 heteroatoms. The lowest BCUT2D eigenvalue weighted by atomic mass is 10.1. The molecule has 0 aliphatic carbocycles. The highest BCUT2D eigenvalue weighted by atomic mass is 15.2. The number of nitrogens with two attached hydrogens (primary N) is 2. The van der Waals surface area contributed by atoms with Crippen LogP contribution in [0.1, 0.15) is 11.1 Å². The maximum absolute atomic E-state index is 5.73. The SMILES string of the molecule is Cc1cc(C)cc(N(C)c2ccc(N)c(N)n2)c1. The summed E-state index contributed by atoms with van der Waals surface area (Å²) in [6.45, 7) is 4.16. The van der Waals surface area contributed by atoms with Crippen LogP contribution >= 0.6 is 0 Å². The lowest BCUT2D eigenvalue weighted by Gasteiger charge is -2.20. The summed E-state index contributed by atoms with van der Waals surface area (Å²) in [5.41, 5.74) is 15.4. The molecule has 4 nitrogen and oxygen atoms in total. The van der Waals surface area contributed by atoms with Crippen molar-refractivity contribution in [1.29, 1.82) is 0 Å². The van der Waals surface area contributed by atoms with E-state index in [-0.39, 0.29) is 0 Å². The van der Waals surface area contributed by atoms with Crippen LogP contribution in [0, 0.1) is 13.8 Å². The van der Waals surface area contributed by atoms with E-state index in [9.17, 15) is 0 Å². The van der Waals surface area contributed by atoms with Crippen LogP contribution in [0.3, 0.4) is 0 Å². The van der Waals surface area contributed by atoms with Gasteiger partial charge in [0, 0.05) is 12.7 Å². The number of anilines is 4. The molecule has 1 aromatic carbocycles. The Bertz CT molecular complexity index is 558. The summed E-state index contributed by atoms with van der Waals surface area (Å²) in [6, 6.07) is 10.0. The number of rotatable bonds is 2. The second kappa shape index (κ2) is 4.56. The van der Waals surface area contributed by atoms with Gasteiger partial charge in [-0.1, -0.05) is 6.07 Å². The summed E-state index contributed by atoms with van der Waals surface area (Å²) in [6.07, 6.45) is 0. The third-order valence-electron chi connectivity index (χ3n) is 2.88. The van der Waals surface area contributed by atoms with Gasteiger partial charge in [-0.25, -0.2) is 4.98 Å². The molecule has 0 atom stereocenters. The molecular weight excluding hydrogens is 224 g/mol. The molecule has 1 heterocycles. The molecular formula is C14H18N4. The van der Waals surface area contributed by atoms with Crippen LogP contribution in [-0.4, -0.2) is 12.0 Å². The van der Waals surface area contributed by atoms with E-state index in [1.165, 1.54) is 11.1 Å². The Kier molecular flexibility index (Phi) is 3.10. The quantitative estimate of drug-likeness (QED) is 0.849. The van der Waals surface area contributed by atoms with Crippen LogP contribution in [0.4, 0.5) is 23.0 Å². The van der Waals surface area contributed by atoms with Gasteiger partial charge in [0.25, 0.3) is 0 Å². The summed E-state index contributed by atoms with van der Waals surface area (Å²) < 4.78 is 0. The van der Waals surface area contributed by atoms with Crippen LogP contribution in [0.5, 0.6) is 0 Å². The molecule has 4 N–H and O–H groups in total. The van der Waals surface area contributed by atoms with Gasteiger partial charge in [-0.2, -0.15) is 0 Å². The molecule has 0 aliphatic heterocycles. The standard InChI is InChI=1S/C14H18N4/c1-9-6-10(2)8-11(7-9)18(3)13-5-4-12(15)14(16)17-13/h4-8H,15H2,1-3H3,(H2,16,17). The summed E-state index contributed by atoms with van der Waals surface area (Å²) in [7, 11) is 1.96. The first-order chi connectivity index (χ1) is 8.47. The maximum atomic E-state index is 5.73. The average Bonchev–Trinajstić information content (AvgIpc) is 2.30. The van der Waals surface area contributed by atoms with Crippen molar-refractivity contribution in [2.24, 2.45) is 0 Å². The minimum Gasteiger partial charge on any atom is -0.396 e. The molecule has 94 valence electrons. The molecule has 2 rings (SSSR count). The largest absolute Gasteiger partial charge is 0.396 e. The first kappa shape index (κ1) is 12.2. The number of hydrogen-bond donors (Lipinski definition) is 2. The van der Waals surface area contributed by atoms with E-state index in [4.69, 9.17) is 11.5 Å². The van der Waals surface area contributed by atoms with E-state index in [1.807, 2.05) is 18.0 Å². The van der Waals surface area contributed by atoms with Gasteiger partial charge in [0.15, 0.2) is 0 Å². The van der Waals surface area contributed by atoms with E-state index >= 15 is 0 Å². The normalized spacial score (nSPS) is 10.4. The fourth-order valence-electron chi connectivity index (χ4n) is 1.94. The molecule has 0 radical (unpaired) electrons. The molecule has 0 bridgehead atoms. The molecule has 0 amide bonds. The fourth-order valence-corrected chi connectivity index (χ4v) is 1.94. The fraction of sp³-hybridized carbons (Fsp3) is 0.214. The van der Waals surface area contributed by atoms with Crippen molar-refractivity contribution in [3.8, 4) is 0 Å². The molecule has 2 aromatic rings. The second-order valence-electron chi connectivity index (χ2n) is 4.55. The van der Waals surface area contributed by atoms with Gasteiger partial charge >= 0.3 is 0 Å². The molecule has 0 spiro atoms. The zero-order chi connectivity index (χ0) is 13.3. The highest BCUT2D eigenvalue weighted by Crippen LogP contribution is 2.26. The number of nitrogen functional groups attached to an aromatic ring is 2. The van der Waals surface area contributed by atoms with Gasteiger partial charge in [0.1, 0.15) is 11.6 Å². The zero-order valence-electron chi connectivity index (χ0n) is 10.9. The predicted molar refractivity (Wildman–Crippen MR) is 77.0 cm³/mol. The number of aromatic nitrogens is 1. The number of benzene rings is 1. The summed E-state index contributed by atoms with van der Waals surface area (Å²) in [5.74, 6) is 1.15. The van der Waals surface area contributed by atoms with E-state index < -0.39 is 0 Å². The average molecular weight is 242 g/mol. The zero-order valence-corrected chi connectivity index (χ0v) is 10.9. The molecule has 1 aromatic heterocycles. The predicted octanol–water partition coefficient (Wildman–Crippen LogP) is 2.63. The van der Waals surface area contributed by atoms with Gasteiger partial charge in [-0.3, -0.25) is 0 Å². The minimum atomic E-state index is 0.365. The molecule has 18 heavy (non-hydrogen) atoms. The van der Waals surface area contributed by atoms with Gasteiger partial charge in [0.2, 0.25) is 0 Å². The van der Waals surface area contributed by atoms with Gasteiger partial charge in [-0.15, -0.1) is 0 Å². The molecule has 0 fully saturated rings. The lowest BCUT2D eigenvalue weighted by molar-refractivity contribution is 1.13. The van der Waals surface area contributed by atoms with Crippen molar-refractivity contribution in [2.75, 3.05) is 23.4 Å². The summed E-state index contributed by atoms with van der Waals surface area (Å²) in [4.78, 5) is 6.28. The molecule has 0 saturated heterocycles. The van der Waals surface area contributed by atoms with Gasteiger partial charge in [0.05, 0.1) is 5.69 Å². The number of pyridine rings is 1. The van der Waals surface area contributed by atoms with Crippen molar-refractivity contribution in [3.63, 3.8) is 0 Å². The highest BCUT2D eigenvalue weighted by molar-refractivity contribution is 5.67. The van der Waals surface area contributed by atoms with Gasteiger partial charge < -0.3 is 16.4 Å². The third-order valence-corrected chi connectivity index (χ3v) is 2.88. The summed E-state index contributed by atoms with van der Waals surface area (Å²) in [5, 5.41) is 0. The Morgan fingerprint density at radius 2 is 1.61 bits per heavy atom. The molecule has 0 saturated carbocycles. The van der Waals surface area contributed by atoms with Crippen molar-refractivity contribution in [1.82, 2.24) is 4.98 Å². The Morgan fingerprint density at radius 1 is 1.00 bits per heavy atom. The van der Waals surface area contributed by atoms with Crippen LogP contribution in [0.25, 0.3) is 0 Å². The van der Waals surface area contributed by atoms with Crippen molar-refractivity contribution < 1.29 is 0 Å². The van der Waals surface area contributed by atoms with E-state index in [1.54, 1.807) is 6.07 Å². The highest BCUT2D eigenvalue weighted by Gasteiger charge is 2.08. The van der Waals surface area contributed by atoms with Crippen molar-refractivity contribution in [2.45, 2.75) is 13.8 Å². The van der Waals surface area contributed by atoms with Crippen LogP contribution in [0.15, 0.2) is 30.3 Å². The number of aryl methyl sites for hydroxylation is 2. The first-order valence-electron chi connectivity index (χ1n) is 5.81. The van der Waals surface area contributed by atoms with E-state index in [0.29, 0.717) is 11.5 Å². The lowest BCUT2D eigenvalue weighted by Crippen LogP contribution is -2.13. The monoisotopic (exact) mass is 242 g/mol. The van der Waals surface area contributed by atoms with Crippen LogP contribution in [0.2, 0.25) is 0 Å². The van der Waals surface area contributed by atoms with Crippen molar-refractivity contribution in [3.05, 3.63) is 41.5 Å². The van der Waals surface area contributed by atoms with Crippen LogP contribution in [-0.2, 0) is 0 Å². The molecule has 0 aliphatic rings. The Balaban J connectivity index is 2.40. The van der Waals surface area contributed by atoms with Crippen molar-refractivity contribution >= 4 is 23.0 Å².